The van der Waals surface area contributed by atoms with Gasteiger partial charge in [-0.15, -0.1) is 11.3 Å². The van der Waals surface area contributed by atoms with Crippen LogP contribution in [0.25, 0.3) is 38.5 Å². The minimum absolute atomic E-state index is 0.221. The fourth-order valence-electron chi connectivity index (χ4n) is 6.15. The number of sulfonamides is 1. The van der Waals surface area contributed by atoms with Crippen molar-refractivity contribution < 1.29 is 26.5 Å². The summed E-state index contributed by atoms with van der Waals surface area (Å²) in [6.07, 6.45) is 1.38. The van der Waals surface area contributed by atoms with Gasteiger partial charge < -0.3 is 9.42 Å². The fourth-order valence-corrected chi connectivity index (χ4v) is 7.66. The third-order valence-corrected chi connectivity index (χ3v) is 9.79. The number of carbonyl (C=O) groups excluding carboxylic acids is 1. The number of aromatic nitrogens is 4. The molecule has 4 heterocycles. The number of benzene rings is 3. The number of primary sulfonamides is 1. The molecule has 0 saturated carbocycles. The molecular weight excluding hydrogens is 647 g/mol. The summed E-state index contributed by atoms with van der Waals surface area (Å²) >= 11 is 1.38. The van der Waals surface area contributed by atoms with Gasteiger partial charge in [0.15, 0.2) is 16.8 Å². The lowest BCUT2D eigenvalue weighted by Gasteiger charge is -2.35. The molecule has 6 aromatic rings. The Labute approximate surface area is 272 Å². The molecule has 0 spiro atoms. The minimum Gasteiger partial charge on any atom is -0.361 e. The van der Waals surface area contributed by atoms with Crippen molar-refractivity contribution in [3.63, 3.8) is 0 Å². The summed E-state index contributed by atoms with van der Waals surface area (Å²) in [5.41, 5.74) is 6.08. The third-order valence-electron chi connectivity index (χ3n) is 8.23. The second-order valence-electron chi connectivity index (χ2n) is 11.5. The molecule has 10 nitrogen and oxygen atoms in total. The van der Waals surface area contributed by atoms with E-state index in [1.54, 1.807) is 24.3 Å². The summed E-state index contributed by atoms with van der Waals surface area (Å²) in [6.45, 7) is 3.71. The molecule has 0 aliphatic carbocycles. The van der Waals surface area contributed by atoms with E-state index in [0.29, 0.717) is 46.3 Å². The fraction of sp³-hybridized carbons (Fsp3) is 0.212. The van der Waals surface area contributed by atoms with Crippen molar-refractivity contribution in [2.24, 2.45) is 5.14 Å². The summed E-state index contributed by atoms with van der Waals surface area (Å²) in [5.74, 6) is -1.34. The standard InChI is InChI=1S/C33H28F2N6O4S2/c1-18-31(19(2)45-39-18)22-10-13-28-26(14-22)37-32(29-4-3-5-30(42)40(29)23-11-12-24(34)25(35)15-23)41(28)33-38-27(16-46-33)21-8-6-20(7-9-21)17-47(36,43)44/h6-16,29H,3-5,17H2,1-2H3,(H2,36,43,44)/t29-/m0/s1. The molecule has 14 heteroatoms. The van der Waals surface area contributed by atoms with E-state index in [1.165, 1.54) is 22.3 Å². The van der Waals surface area contributed by atoms with E-state index in [4.69, 9.17) is 19.6 Å². The van der Waals surface area contributed by atoms with Crippen LogP contribution in [-0.4, -0.2) is 34.0 Å². The zero-order valence-corrected chi connectivity index (χ0v) is 26.9. The largest absolute Gasteiger partial charge is 0.361 e. The summed E-state index contributed by atoms with van der Waals surface area (Å²) in [6, 6.07) is 15.6. The molecule has 0 radical (unpaired) electrons. The first-order chi connectivity index (χ1) is 22.5. The van der Waals surface area contributed by atoms with Gasteiger partial charge >= 0.3 is 0 Å². The highest BCUT2D eigenvalue weighted by molar-refractivity contribution is 7.88. The first-order valence-electron chi connectivity index (χ1n) is 14.8. The van der Waals surface area contributed by atoms with Crippen molar-refractivity contribution in [3.05, 3.63) is 101 Å². The number of anilines is 1. The van der Waals surface area contributed by atoms with Crippen LogP contribution < -0.4 is 10.0 Å². The molecule has 1 atom stereocenters. The third kappa shape index (κ3) is 5.83. The highest BCUT2D eigenvalue weighted by atomic mass is 32.2. The van der Waals surface area contributed by atoms with Gasteiger partial charge in [0.1, 0.15) is 11.6 Å². The number of carbonyl (C=O) groups is 1. The smallest absolute Gasteiger partial charge is 0.227 e. The average Bonchev–Trinajstić information content (AvgIpc) is 3.74. The van der Waals surface area contributed by atoms with E-state index < -0.39 is 27.7 Å². The Balaban J connectivity index is 1.37. The highest BCUT2D eigenvalue weighted by Gasteiger charge is 2.35. The lowest BCUT2D eigenvalue weighted by molar-refractivity contribution is -0.120. The van der Waals surface area contributed by atoms with E-state index in [9.17, 15) is 22.0 Å². The molecule has 3 aromatic heterocycles. The van der Waals surface area contributed by atoms with Crippen LogP contribution in [0.2, 0.25) is 0 Å². The monoisotopic (exact) mass is 674 g/mol. The Morgan fingerprint density at radius 1 is 1.00 bits per heavy atom. The predicted octanol–water partition coefficient (Wildman–Crippen LogP) is 6.75. The van der Waals surface area contributed by atoms with E-state index in [0.717, 1.165) is 40.0 Å². The Hall–Kier alpha value is -4.79. The molecule has 0 unspecified atom stereocenters. The summed E-state index contributed by atoms with van der Waals surface area (Å²) in [7, 11) is -3.67. The summed E-state index contributed by atoms with van der Waals surface area (Å²) < 4.78 is 58.7. The quantitative estimate of drug-likeness (QED) is 0.198. The number of piperidine rings is 1. The van der Waals surface area contributed by atoms with E-state index in [2.05, 4.69) is 5.16 Å². The molecule has 7 rings (SSSR count). The molecule has 2 N–H and O–H groups in total. The van der Waals surface area contributed by atoms with Crippen molar-refractivity contribution in [1.82, 2.24) is 19.7 Å². The van der Waals surface area contributed by atoms with E-state index in [-0.39, 0.29) is 23.8 Å². The van der Waals surface area contributed by atoms with Gasteiger partial charge in [0.05, 0.1) is 34.2 Å². The van der Waals surface area contributed by atoms with Crippen LogP contribution in [-0.2, 0) is 20.6 Å². The molecular formula is C33H28F2N6O4S2. The SMILES string of the molecule is Cc1noc(C)c1-c1ccc2c(c1)nc([C@@H]1CCCC(=O)N1c1ccc(F)c(F)c1)n2-c1nc(-c2ccc(CS(N)(=O)=O)cc2)cs1. The maximum Gasteiger partial charge on any atom is 0.227 e. The van der Waals surface area contributed by atoms with Crippen molar-refractivity contribution in [3.8, 4) is 27.5 Å². The number of hydrogen-bond donors (Lipinski definition) is 1. The molecule has 1 fully saturated rings. The molecule has 1 saturated heterocycles. The number of aryl methyl sites for hydroxylation is 2. The zero-order valence-electron chi connectivity index (χ0n) is 25.3. The second kappa shape index (κ2) is 11.8. The zero-order chi connectivity index (χ0) is 33.0. The van der Waals surface area contributed by atoms with Crippen molar-refractivity contribution in [2.45, 2.75) is 44.9 Å². The van der Waals surface area contributed by atoms with Gasteiger partial charge in [0, 0.05) is 34.7 Å². The number of imidazole rings is 1. The highest BCUT2D eigenvalue weighted by Crippen LogP contribution is 2.40. The molecule has 0 bridgehead atoms. The van der Waals surface area contributed by atoms with Gasteiger partial charge in [-0.2, -0.15) is 0 Å². The van der Waals surface area contributed by atoms with E-state index in [1.807, 2.05) is 42.0 Å². The number of halogens is 2. The minimum atomic E-state index is -3.67. The molecule has 1 aliphatic rings. The van der Waals surface area contributed by atoms with Crippen LogP contribution in [0.4, 0.5) is 14.5 Å². The Kier molecular flexibility index (Phi) is 7.73. The Morgan fingerprint density at radius 3 is 2.47 bits per heavy atom. The molecule has 47 heavy (non-hydrogen) atoms. The predicted molar refractivity (Wildman–Crippen MR) is 174 cm³/mol. The molecule has 240 valence electrons. The number of nitrogens with zero attached hydrogens (tertiary/aromatic N) is 5. The van der Waals surface area contributed by atoms with Crippen LogP contribution in [0, 0.1) is 25.5 Å². The van der Waals surface area contributed by atoms with Gasteiger partial charge in [0.25, 0.3) is 0 Å². The number of rotatable bonds is 7. The lowest BCUT2D eigenvalue weighted by Crippen LogP contribution is -2.39. The number of amides is 1. The van der Waals surface area contributed by atoms with Crippen LogP contribution >= 0.6 is 11.3 Å². The van der Waals surface area contributed by atoms with Gasteiger partial charge in [-0.05, 0) is 62.1 Å². The van der Waals surface area contributed by atoms with Gasteiger partial charge in [-0.3, -0.25) is 9.36 Å². The maximum absolute atomic E-state index is 14.4. The number of thiazole rings is 1. The lowest BCUT2D eigenvalue weighted by atomic mass is 9.99. The van der Waals surface area contributed by atoms with Gasteiger partial charge in [0.2, 0.25) is 15.9 Å². The van der Waals surface area contributed by atoms with Crippen molar-refractivity contribution in [1.29, 1.82) is 0 Å². The van der Waals surface area contributed by atoms with E-state index >= 15 is 0 Å². The first-order valence-corrected chi connectivity index (χ1v) is 17.3. The number of nitrogens with two attached hydrogens (primary N) is 1. The van der Waals surface area contributed by atoms with Gasteiger partial charge in [-0.25, -0.2) is 32.3 Å². The van der Waals surface area contributed by atoms with Crippen LogP contribution in [0.1, 0.15) is 48.1 Å². The normalized spacial score (nSPS) is 15.6. The second-order valence-corrected chi connectivity index (χ2v) is 13.9. The Morgan fingerprint density at radius 2 is 1.77 bits per heavy atom. The van der Waals surface area contributed by atoms with Crippen LogP contribution in [0.15, 0.2) is 70.6 Å². The summed E-state index contributed by atoms with van der Waals surface area (Å²) in [5, 5.41) is 11.8. The topological polar surface area (TPSA) is 137 Å². The molecule has 1 amide bonds. The molecule has 3 aromatic carbocycles. The summed E-state index contributed by atoms with van der Waals surface area (Å²) in [4.78, 5) is 24.9. The van der Waals surface area contributed by atoms with Crippen molar-refractivity contribution in [2.75, 3.05) is 4.90 Å². The number of hydrogen-bond acceptors (Lipinski definition) is 8. The average molecular weight is 675 g/mol. The number of fused-ring (bicyclic) bond motifs is 1. The van der Waals surface area contributed by atoms with Crippen molar-refractivity contribution >= 4 is 44.0 Å². The molecule has 1 aliphatic heterocycles. The first kappa shape index (κ1) is 30.8. The Bertz CT molecular complexity index is 2260. The maximum atomic E-state index is 14.4. The van der Waals surface area contributed by atoms with Gasteiger partial charge in [-0.1, -0.05) is 35.5 Å². The van der Waals surface area contributed by atoms with Crippen LogP contribution in [0.3, 0.4) is 0 Å². The van der Waals surface area contributed by atoms with Crippen LogP contribution in [0.5, 0.6) is 0 Å².